The van der Waals surface area contributed by atoms with Crippen molar-refractivity contribution in [2.24, 2.45) is 7.05 Å². The van der Waals surface area contributed by atoms with E-state index in [2.05, 4.69) is 17.3 Å². The van der Waals surface area contributed by atoms with Gasteiger partial charge in [0.2, 0.25) is 5.91 Å². The van der Waals surface area contributed by atoms with E-state index in [9.17, 15) is 4.79 Å². The van der Waals surface area contributed by atoms with Gasteiger partial charge in [-0.1, -0.05) is 6.92 Å². The number of aromatic nitrogens is 2. The fourth-order valence-corrected chi connectivity index (χ4v) is 2.25. The van der Waals surface area contributed by atoms with Crippen LogP contribution in [0.5, 0.6) is 0 Å². The number of rotatable bonds is 3. The standard InChI is InChI=1S/C11H17N3O/c1-3-11(5-4-10(15)13-11)6-9-7-12-14(2)8-9/h7-8H,3-6H2,1-2H3,(H,13,15). The van der Waals surface area contributed by atoms with Gasteiger partial charge in [-0.2, -0.15) is 5.10 Å². The third-order valence-electron chi connectivity index (χ3n) is 3.21. The summed E-state index contributed by atoms with van der Waals surface area (Å²) in [5, 5.41) is 7.25. The van der Waals surface area contributed by atoms with Crippen LogP contribution in [0.3, 0.4) is 0 Å². The first-order valence-electron chi connectivity index (χ1n) is 5.42. The van der Waals surface area contributed by atoms with Crippen molar-refractivity contribution in [3.63, 3.8) is 0 Å². The van der Waals surface area contributed by atoms with Crippen LogP contribution >= 0.6 is 0 Å². The zero-order chi connectivity index (χ0) is 10.9. The second-order valence-electron chi connectivity index (χ2n) is 4.38. The van der Waals surface area contributed by atoms with E-state index in [0.717, 1.165) is 19.3 Å². The highest BCUT2D eigenvalue weighted by molar-refractivity contribution is 5.79. The Morgan fingerprint density at radius 1 is 1.67 bits per heavy atom. The third-order valence-corrected chi connectivity index (χ3v) is 3.21. The predicted octanol–water partition coefficient (Wildman–Crippen LogP) is 1.02. The largest absolute Gasteiger partial charge is 0.350 e. The number of hydrogen-bond donors (Lipinski definition) is 1. The first-order valence-corrected chi connectivity index (χ1v) is 5.42. The molecule has 0 radical (unpaired) electrons. The van der Waals surface area contributed by atoms with Crippen LogP contribution in [0.4, 0.5) is 0 Å². The molecule has 1 fully saturated rings. The van der Waals surface area contributed by atoms with E-state index in [1.807, 2.05) is 19.4 Å². The van der Waals surface area contributed by atoms with E-state index in [0.29, 0.717) is 6.42 Å². The molecule has 2 rings (SSSR count). The molecule has 1 saturated heterocycles. The molecular weight excluding hydrogens is 190 g/mol. The third kappa shape index (κ3) is 2.03. The highest BCUT2D eigenvalue weighted by Crippen LogP contribution is 2.27. The maximum Gasteiger partial charge on any atom is 0.220 e. The van der Waals surface area contributed by atoms with Crippen LogP contribution in [0.15, 0.2) is 12.4 Å². The van der Waals surface area contributed by atoms with E-state index in [1.165, 1.54) is 5.56 Å². The molecular formula is C11H17N3O. The Morgan fingerprint density at radius 2 is 2.47 bits per heavy atom. The van der Waals surface area contributed by atoms with Crippen molar-refractivity contribution in [2.45, 2.75) is 38.1 Å². The zero-order valence-electron chi connectivity index (χ0n) is 9.29. The Kier molecular flexibility index (Phi) is 2.50. The molecule has 1 amide bonds. The highest BCUT2D eigenvalue weighted by atomic mass is 16.2. The van der Waals surface area contributed by atoms with Gasteiger partial charge in [0.1, 0.15) is 0 Å². The summed E-state index contributed by atoms with van der Waals surface area (Å²) in [5.41, 5.74) is 1.17. The number of carbonyl (C=O) groups is 1. The molecule has 0 aliphatic carbocycles. The molecule has 1 aromatic rings. The average Bonchev–Trinajstić information content (AvgIpc) is 2.75. The summed E-state index contributed by atoms with van der Waals surface area (Å²) in [5.74, 6) is 0.181. The SMILES string of the molecule is CCC1(Cc2cnn(C)c2)CCC(=O)N1. The fraction of sp³-hybridized carbons (Fsp3) is 0.636. The number of amides is 1. The van der Waals surface area contributed by atoms with E-state index < -0.39 is 0 Å². The minimum atomic E-state index is -0.0277. The molecule has 0 bridgehead atoms. The van der Waals surface area contributed by atoms with Gasteiger partial charge < -0.3 is 5.32 Å². The molecule has 1 aromatic heterocycles. The van der Waals surface area contributed by atoms with Crippen LogP contribution in [0.1, 0.15) is 31.7 Å². The van der Waals surface area contributed by atoms with Crippen molar-refractivity contribution in [1.29, 1.82) is 0 Å². The Morgan fingerprint density at radius 3 is 2.93 bits per heavy atom. The van der Waals surface area contributed by atoms with Crippen molar-refractivity contribution in [2.75, 3.05) is 0 Å². The number of carbonyl (C=O) groups excluding carboxylic acids is 1. The van der Waals surface area contributed by atoms with Gasteiger partial charge >= 0.3 is 0 Å². The van der Waals surface area contributed by atoms with Crippen molar-refractivity contribution < 1.29 is 4.79 Å². The monoisotopic (exact) mass is 207 g/mol. The summed E-state index contributed by atoms with van der Waals surface area (Å²) in [6.45, 7) is 2.13. The summed E-state index contributed by atoms with van der Waals surface area (Å²) < 4.78 is 1.80. The first kappa shape index (κ1) is 10.2. The van der Waals surface area contributed by atoms with Crippen LogP contribution in [0.2, 0.25) is 0 Å². The van der Waals surface area contributed by atoms with Gasteiger partial charge in [0.05, 0.1) is 6.20 Å². The number of hydrogen-bond acceptors (Lipinski definition) is 2. The number of nitrogens with one attached hydrogen (secondary N) is 1. The van der Waals surface area contributed by atoms with Gasteiger partial charge in [0.15, 0.2) is 0 Å². The van der Waals surface area contributed by atoms with Gasteiger partial charge in [-0.3, -0.25) is 9.48 Å². The second-order valence-corrected chi connectivity index (χ2v) is 4.38. The molecule has 0 saturated carbocycles. The summed E-state index contributed by atoms with van der Waals surface area (Å²) in [7, 11) is 1.91. The van der Waals surface area contributed by atoms with E-state index in [-0.39, 0.29) is 11.4 Å². The molecule has 1 N–H and O–H groups in total. The molecule has 1 atom stereocenters. The highest BCUT2D eigenvalue weighted by Gasteiger charge is 2.36. The van der Waals surface area contributed by atoms with Crippen molar-refractivity contribution in [1.82, 2.24) is 15.1 Å². The van der Waals surface area contributed by atoms with Gasteiger partial charge in [-0.05, 0) is 24.8 Å². The molecule has 82 valence electrons. The predicted molar refractivity (Wildman–Crippen MR) is 57.3 cm³/mol. The summed E-state index contributed by atoms with van der Waals surface area (Å²) in [4.78, 5) is 11.3. The Bertz CT molecular complexity index is 372. The Balaban J connectivity index is 2.11. The zero-order valence-corrected chi connectivity index (χ0v) is 9.29. The lowest BCUT2D eigenvalue weighted by Gasteiger charge is -2.27. The summed E-state index contributed by atoms with van der Waals surface area (Å²) in [6.07, 6.45) is 7.37. The van der Waals surface area contributed by atoms with Gasteiger partial charge in [0.25, 0.3) is 0 Å². The quantitative estimate of drug-likeness (QED) is 0.804. The second kappa shape index (κ2) is 3.68. The van der Waals surface area contributed by atoms with E-state index in [1.54, 1.807) is 4.68 Å². The van der Waals surface area contributed by atoms with Crippen LogP contribution in [0.25, 0.3) is 0 Å². The lowest BCUT2D eigenvalue weighted by molar-refractivity contribution is -0.119. The molecule has 1 aliphatic heterocycles. The molecule has 4 heteroatoms. The maximum atomic E-state index is 11.3. The van der Waals surface area contributed by atoms with Gasteiger partial charge in [0, 0.05) is 25.2 Å². The smallest absolute Gasteiger partial charge is 0.220 e. The molecule has 15 heavy (non-hydrogen) atoms. The van der Waals surface area contributed by atoms with Crippen LogP contribution in [0, 0.1) is 0 Å². The minimum Gasteiger partial charge on any atom is -0.350 e. The van der Waals surface area contributed by atoms with Crippen LogP contribution in [-0.4, -0.2) is 21.2 Å². The van der Waals surface area contributed by atoms with Crippen molar-refractivity contribution >= 4 is 5.91 Å². The lowest BCUT2D eigenvalue weighted by Crippen LogP contribution is -2.42. The number of aryl methyl sites for hydroxylation is 1. The average molecular weight is 207 g/mol. The number of nitrogens with zero attached hydrogens (tertiary/aromatic N) is 2. The summed E-state index contributed by atoms with van der Waals surface area (Å²) >= 11 is 0. The van der Waals surface area contributed by atoms with Gasteiger partial charge in [-0.25, -0.2) is 0 Å². The fourth-order valence-electron chi connectivity index (χ4n) is 2.25. The lowest BCUT2D eigenvalue weighted by atomic mass is 9.88. The first-order chi connectivity index (χ1) is 7.13. The van der Waals surface area contributed by atoms with Crippen molar-refractivity contribution in [3.8, 4) is 0 Å². The topological polar surface area (TPSA) is 46.9 Å². The molecule has 0 spiro atoms. The maximum absolute atomic E-state index is 11.3. The summed E-state index contributed by atoms with van der Waals surface area (Å²) in [6, 6.07) is 0. The van der Waals surface area contributed by atoms with Crippen LogP contribution in [-0.2, 0) is 18.3 Å². The normalized spacial score (nSPS) is 25.6. The van der Waals surface area contributed by atoms with E-state index in [4.69, 9.17) is 0 Å². The van der Waals surface area contributed by atoms with Crippen LogP contribution < -0.4 is 5.32 Å². The van der Waals surface area contributed by atoms with E-state index >= 15 is 0 Å². The minimum absolute atomic E-state index is 0.0277. The van der Waals surface area contributed by atoms with Gasteiger partial charge in [-0.15, -0.1) is 0 Å². The molecule has 2 heterocycles. The van der Waals surface area contributed by atoms with Crippen molar-refractivity contribution in [3.05, 3.63) is 18.0 Å². The Hall–Kier alpha value is -1.32. The molecule has 4 nitrogen and oxygen atoms in total. The molecule has 1 unspecified atom stereocenters. The molecule has 0 aromatic carbocycles. The molecule has 1 aliphatic rings. The Labute approximate surface area is 89.7 Å².